The van der Waals surface area contributed by atoms with E-state index in [2.05, 4.69) is 32.2 Å². The molecule has 0 aromatic heterocycles. The number of anilines is 1. The molecule has 18 heavy (non-hydrogen) atoms. The number of unbranched alkanes of at least 4 members (excludes halogenated alkanes) is 1. The lowest BCUT2D eigenvalue weighted by Crippen LogP contribution is -2.13. The molecule has 0 saturated carbocycles. The second kappa shape index (κ2) is 8.27. The first-order chi connectivity index (χ1) is 8.61. The normalized spacial score (nSPS) is 10.7. The Balaban J connectivity index is 2.48. The van der Waals surface area contributed by atoms with Gasteiger partial charge in [-0.25, -0.2) is 0 Å². The second-order valence-corrected chi connectivity index (χ2v) is 5.43. The average molecular weight is 313 g/mol. The van der Waals surface area contributed by atoms with Crippen LogP contribution < -0.4 is 5.32 Å². The first kappa shape index (κ1) is 15.2. The molecule has 0 saturated heterocycles. The van der Waals surface area contributed by atoms with E-state index in [9.17, 15) is 4.79 Å². The quantitative estimate of drug-likeness (QED) is 0.619. The van der Waals surface area contributed by atoms with Crippen LogP contribution in [0.4, 0.5) is 5.69 Å². The van der Waals surface area contributed by atoms with E-state index in [1.165, 1.54) is 5.56 Å². The molecule has 100 valence electrons. The van der Waals surface area contributed by atoms with Crippen molar-refractivity contribution in [2.24, 2.45) is 0 Å². The predicted molar refractivity (Wildman–Crippen MR) is 80.1 cm³/mol. The van der Waals surface area contributed by atoms with Crippen LogP contribution in [0.3, 0.4) is 0 Å². The fourth-order valence-corrected chi connectivity index (χ4v) is 2.11. The highest BCUT2D eigenvalue weighted by molar-refractivity contribution is 9.09. The van der Waals surface area contributed by atoms with Gasteiger partial charge in [-0.1, -0.05) is 28.1 Å². The van der Waals surface area contributed by atoms with Gasteiger partial charge in [-0.15, -0.1) is 0 Å². The van der Waals surface area contributed by atoms with Gasteiger partial charge in [0.05, 0.1) is 0 Å². The van der Waals surface area contributed by atoms with E-state index in [1.807, 2.05) is 32.3 Å². The summed E-state index contributed by atoms with van der Waals surface area (Å²) in [7, 11) is 4.07. The molecule has 0 atom stereocenters. The van der Waals surface area contributed by atoms with E-state index < -0.39 is 0 Å². The zero-order valence-corrected chi connectivity index (χ0v) is 12.7. The molecule has 0 radical (unpaired) electrons. The Kier molecular flexibility index (Phi) is 6.98. The van der Waals surface area contributed by atoms with Crippen molar-refractivity contribution in [1.29, 1.82) is 0 Å². The minimum atomic E-state index is 0.0953. The van der Waals surface area contributed by atoms with Gasteiger partial charge >= 0.3 is 0 Å². The number of amides is 1. The number of halogens is 1. The molecule has 0 aliphatic heterocycles. The smallest absolute Gasteiger partial charge is 0.224 e. The molecular formula is C14H21BrN2O. The maximum atomic E-state index is 11.7. The molecule has 0 bridgehead atoms. The monoisotopic (exact) mass is 312 g/mol. The molecule has 0 fully saturated rings. The maximum Gasteiger partial charge on any atom is 0.224 e. The van der Waals surface area contributed by atoms with Crippen molar-refractivity contribution in [3.63, 3.8) is 0 Å². The van der Waals surface area contributed by atoms with Crippen molar-refractivity contribution < 1.29 is 4.79 Å². The van der Waals surface area contributed by atoms with Gasteiger partial charge < -0.3 is 10.2 Å². The van der Waals surface area contributed by atoms with E-state index in [-0.39, 0.29) is 5.91 Å². The predicted octanol–water partition coefficient (Wildman–Crippen LogP) is 3.25. The van der Waals surface area contributed by atoms with Crippen molar-refractivity contribution in [2.45, 2.75) is 25.8 Å². The molecule has 4 heteroatoms. The molecule has 1 N–H and O–H groups in total. The zero-order chi connectivity index (χ0) is 13.4. The topological polar surface area (TPSA) is 32.3 Å². The number of rotatable bonds is 7. The van der Waals surface area contributed by atoms with E-state index in [1.54, 1.807) is 0 Å². The van der Waals surface area contributed by atoms with Gasteiger partial charge in [0.1, 0.15) is 0 Å². The third-order valence-electron chi connectivity index (χ3n) is 2.50. The lowest BCUT2D eigenvalue weighted by atomic mass is 10.2. The van der Waals surface area contributed by atoms with Gasteiger partial charge in [-0.05, 0) is 44.6 Å². The van der Waals surface area contributed by atoms with Crippen LogP contribution in [-0.4, -0.2) is 30.2 Å². The van der Waals surface area contributed by atoms with E-state index in [4.69, 9.17) is 0 Å². The van der Waals surface area contributed by atoms with Crippen LogP contribution in [0.1, 0.15) is 24.8 Å². The Bertz CT molecular complexity index is 380. The molecular weight excluding hydrogens is 292 g/mol. The van der Waals surface area contributed by atoms with Gasteiger partial charge in [0, 0.05) is 24.0 Å². The minimum absolute atomic E-state index is 0.0953. The van der Waals surface area contributed by atoms with Gasteiger partial charge in [0.2, 0.25) is 5.91 Å². The summed E-state index contributed by atoms with van der Waals surface area (Å²) in [5.74, 6) is 0.0953. The molecule has 0 unspecified atom stereocenters. The number of hydrogen-bond acceptors (Lipinski definition) is 2. The second-order valence-electron chi connectivity index (χ2n) is 4.63. The first-order valence-corrected chi connectivity index (χ1v) is 7.33. The molecule has 0 heterocycles. The van der Waals surface area contributed by atoms with E-state index in [0.717, 1.165) is 30.4 Å². The summed E-state index contributed by atoms with van der Waals surface area (Å²) in [5, 5.41) is 3.90. The van der Waals surface area contributed by atoms with Crippen LogP contribution in [0.25, 0.3) is 0 Å². The Morgan fingerprint density at radius 2 is 2.11 bits per heavy atom. The van der Waals surface area contributed by atoms with Crippen molar-refractivity contribution in [1.82, 2.24) is 4.90 Å². The number of hydrogen-bond donors (Lipinski definition) is 1. The van der Waals surface area contributed by atoms with Crippen molar-refractivity contribution >= 4 is 27.5 Å². The standard InChI is InChI=1S/C14H21BrN2O/c1-17(2)11-12-6-5-7-13(10-12)16-14(18)8-3-4-9-15/h5-7,10H,3-4,8-9,11H2,1-2H3,(H,16,18). The van der Waals surface area contributed by atoms with Crippen molar-refractivity contribution in [2.75, 3.05) is 24.7 Å². The summed E-state index contributed by atoms with van der Waals surface area (Å²) in [5.41, 5.74) is 2.09. The van der Waals surface area contributed by atoms with Crippen LogP contribution in [0.2, 0.25) is 0 Å². The van der Waals surface area contributed by atoms with Crippen molar-refractivity contribution in [3.8, 4) is 0 Å². The molecule has 1 rings (SSSR count). The summed E-state index contributed by atoms with van der Waals surface area (Å²) in [6.07, 6.45) is 2.55. The molecule has 1 aromatic rings. The van der Waals surface area contributed by atoms with Crippen molar-refractivity contribution in [3.05, 3.63) is 29.8 Å². The molecule has 3 nitrogen and oxygen atoms in total. The number of carbonyl (C=O) groups excluding carboxylic acids is 1. The summed E-state index contributed by atoms with van der Waals surface area (Å²) < 4.78 is 0. The number of nitrogens with zero attached hydrogens (tertiary/aromatic N) is 1. The highest BCUT2D eigenvalue weighted by Gasteiger charge is 2.03. The first-order valence-electron chi connectivity index (χ1n) is 6.21. The van der Waals surface area contributed by atoms with Crippen LogP contribution in [0.5, 0.6) is 0 Å². The third kappa shape index (κ3) is 6.17. The molecule has 1 aromatic carbocycles. The van der Waals surface area contributed by atoms with Gasteiger partial charge in [-0.2, -0.15) is 0 Å². The number of carbonyl (C=O) groups is 1. The minimum Gasteiger partial charge on any atom is -0.326 e. The molecule has 0 aliphatic rings. The van der Waals surface area contributed by atoms with Crippen LogP contribution in [-0.2, 0) is 11.3 Å². The van der Waals surface area contributed by atoms with Crippen LogP contribution >= 0.6 is 15.9 Å². The van der Waals surface area contributed by atoms with Gasteiger partial charge in [0.15, 0.2) is 0 Å². The highest BCUT2D eigenvalue weighted by atomic mass is 79.9. The number of nitrogens with one attached hydrogen (secondary N) is 1. The van der Waals surface area contributed by atoms with E-state index in [0.29, 0.717) is 6.42 Å². The Morgan fingerprint density at radius 3 is 2.78 bits per heavy atom. The third-order valence-corrected chi connectivity index (χ3v) is 3.06. The average Bonchev–Trinajstić information content (AvgIpc) is 2.28. The Hall–Kier alpha value is -0.870. The summed E-state index contributed by atoms with van der Waals surface area (Å²) in [6, 6.07) is 8.01. The van der Waals surface area contributed by atoms with Crippen LogP contribution in [0.15, 0.2) is 24.3 Å². The summed E-state index contributed by atoms with van der Waals surface area (Å²) in [6.45, 7) is 0.882. The molecule has 0 aliphatic carbocycles. The largest absolute Gasteiger partial charge is 0.326 e. The van der Waals surface area contributed by atoms with Gasteiger partial charge in [-0.3, -0.25) is 4.79 Å². The lowest BCUT2D eigenvalue weighted by Gasteiger charge is -2.11. The summed E-state index contributed by atoms with van der Waals surface area (Å²) in [4.78, 5) is 13.8. The van der Waals surface area contributed by atoms with Crippen LogP contribution in [0, 0.1) is 0 Å². The molecule has 0 spiro atoms. The van der Waals surface area contributed by atoms with Gasteiger partial charge in [0.25, 0.3) is 0 Å². The lowest BCUT2D eigenvalue weighted by molar-refractivity contribution is -0.116. The fourth-order valence-electron chi connectivity index (χ4n) is 1.72. The highest BCUT2D eigenvalue weighted by Crippen LogP contribution is 2.12. The Morgan fingerprint density at radius 1 is 1.33 bits per heavy atom. The SMILES string of the molecule is CN(C)Cc1cccc(NC(=O)CCCCBr)c1. The molecule has 1 amide bonds. The van der Waals surface area contributed by atoms with E-state index >= 15 is 0 Å². The number of alkyl halides is 1. The summed E-state index contributed by atoms with van der Waals surface area (Å²) >= 11 is 3.36. The number of benzene rings is 1. The zero-order valence-electron chi connectivity index (χ0n) is 11.1. The fraction of sp³-hybridized carbons (Fsp3) is 0.500. The Labute approximate surface area is 118 Å². The maximum absolute atomic E-state index is 11.7.